The summed E-state index contributed by atoms with van der Waals surface area (Å²) in [5.74, 6) is -1.78. The molecule has 1 fully saturated rings. The van der Waals surface area contributed by atoms with Gasteiger partial charge in [-0.3, -0.25) is 9.59 Å². The summed E-state index contributed by atoms with van der Waals surface area (Å²) in [7, 11) is 0. The summed E-state index contributed by atoms with van der Waals surface area (Å²) in [6.45, 7) is 0. The fourth-order valence-electron chi connectivity index (χ4n) is 3.12. The van der Waals surface area contributed by atoms with Gasteiger partial charge in [-0.05, 0) is 84.7 Å². The molecule has 1 aliphatic carbocycles. The van der Waals surface area contributed by atoms with E-state index in [0.29, 0.717) is 29.3 Å². The van der Waals surface area contributed by atoms with E-state index in [1.54, 1.807) is 17.8 Å². The summed E-state index contributed by atoms with van der Waals surface area (Å²) in [5, 5.41) is 12.2. The van der Waals surface area contributed by atoms with Crippen molar-refractivity contribution >= 4 is 63.5 Å². The van der Waals surface area contributed by atoms with Crippen molar-refractivity contribution in [3.8, 4) is 0 Å². The Bertz CT molecular complexity index is 903. The molecular weight excluding hydrogens is 516 g/mol. The van der Waals surface area contributed by atoms with Gasteiger partial charge < -0.3 is 10.4 Å². The number of anilines is 1. The average molecular weight is 534 g/mol. The number of carboxylic acid groups (broad SMARTS) is 1. The second kappa shape index (κ2) is 9.45. The van der Waals surface area contributed by atoms with Crippen LogP contribution in [0.1, 0.15) is 36.0 Å². The molecule has 28 heavy (non-hydrogen) atoms. The number of aliphatic carboxylic acids is 1. The molecule has 148 valence electrons. The molecule has 2 aromatic rings. The number of benzene rings is 2. The Balaban J connectivity index is 1.68. The molecule has 4 nitrogen and oxygen atoms in total. The van der Waals surface area contributed by atoms with E-state index in [2.05, 4.69) is 27.9 Å². The molecule has 2 N–H and O–H groups in total. The van der Waals surface area contributed by atoms with E-state index in [0.717, 1.165) is 21.3 Å². The first-order chi connectivity index (χ1) is 13.3. The van der Waals surface area contributed by atoms with Crippen LogP contribution in [0.15, 0.2) is 41.3 Å². The zero-order valence-corrected chi connectivity index (χ0v) is 18.5. The highest BCUT2D eigenvalue weighted by Gasteiger charge is 2.27. The van der Waals surface area contributed by atoms with E-state index in [9.17, 15) is 14.0 Å². The van der Waals surface area contributed by atoms with Gasteiger partial charge in [-0.2, -0.15) is 0 Å². The lowest BCUT2D eigenvalue weighted by atomic mass is 9.89. The average Bonchev–Trinajstić information content (AvgIpc) is 2.67. The number of carbonyl (C=O) groups excluding carboxylic acids is 1. The second-order valence-corrected chi connectivity index (χ2v) is 9.57. The topological polar surface area (TPSA) is 66.4 Å². The Morgan fingerprint density at radius 1 is 1.14 bits per heavy atom. The standard InChI is InChI=1S/C20H18ClFINO3S/c21-15-10-13(4-7-16(15)22)24-19(25)12-3-8-17(23)18(9-12)28-14-5-1-11(2-6-14)20(26)27/h3-4,7-11,14H,1-2,5-6H2,(H,24,25)(H,26,27). The lowest BCUT2D eigenvalue weighted by Crippen LogP contribution is -2.22. The van der Waals surface area contributed by atoms with Crippen molar-refractivity contribution in [1.82, 2.24) is 0 Å². The summed E-state index contributed by atoms with van der Waals surface area (Å²) >= 11 is 9.69. The molecular formula is C20H18ClFINO3S. The van der Waals surface area contributed by atoms with Gasteiger partial charge in [-0.15, -0.1) is 11.8 Å². The van der Waals surface area contributed by atoms with E-state index in [1.165, 1.54) is 18.2 Å². The zero-order valence-electron chi connectivity index (χ0n) is 14.8. The number of nitrogens with one attached hydrogen (secondary N) is 1. The Kier molecular flexibility index (Phi) is 7.22. The lowest BCUT2D eigenvalue weighted by Gasteiger charge is -2.26. The Morgan fingerprint density at radius 3 is 2.50 bits per heavy atom. The molecule has 0 aromatic heterocycles. The van der Waals surface area contributed by atoms with Crippen LogP contribution in [-0.4, -0.2) is 22.2 Å². The fraction of sp³-hybridized carbons (Fsp3) is 0.300. The molecule has 2 aromatic carbocycles. The van der Waals surface area contributed by atoms with Gasteiger partial charge in [0, 0.05) is 25.0 Å². The number of thioether (sulfide) groups is 1. The van der Waals surface area contributed by atoms with Crippen LogP contribution in [-0.2, 0) is 4.79 Å². The predicted octanol–water partition coefficient (Wildman–Crippen LogP) is 6.07. The van der Waals surface area contributed by atoms with Crippen LogP contribution in [0.3, 0.4) is 0 Å². The summed E-state index contributed by atoms with van der Waals surface area (Å²) in [6.07, 6.45) is 3.08. The zero-order chi connectivity index (χ0) is 20.3. The van der Waals surface area contributed by atoms with Gasteiger partial charge in [0.2, 0.25) is 0 Å². The number of hydrogen-bond donors (Lipinski definition) is 2. The predicted molar refractivity (Wildman–Crippen MR) is 118 cm³/mol. The summed E-state index contributed by atoms with van der Waals surface area (Å²) in [5.41, 5.74) is 0.929. The van der Waals surface area contributed by atoms with Crippen LogP contribution >= 0.6 is 46.0 Å². The van der Waals surface area contributed by atoms with Crippen molar-refractivity contribution < 1.29 is 19.1 Å². The monoisotopic (exact) mass is 533 g/mol. The number of halogens is 3. The minimum absolute atomic E-state index is 0.0476. The molecule has 0 spiro atoms. The molecule has 3 rings (SSSR count). The van der Waals surface area contributed by atoms with Crippen LogP contribution in [0.25, 0.3) is 0 Å². The Hall–Kier alpha value is -1.32. The number of carboxylic acids is 1. The number of hydrogen-bond acceptors (Lipinski definition) is 3. The van der Waals surface area contributed by atoms with Crippen LogP contribution in [0, 0.1) is 15.3 Å². The van der Waals surface area contributed by atoms with Crippen LogP contribution in [0.2, 0.25) is 5.02 Å². The van der Waals surface area contributed by atoms with Gasteiger partial charge in [-0.25, -0.2) is 4.39 Å². The largest absolute Gasteiger partial charge is 0.481 e. The van der Waals surface area contributed by atoms with Gasteiger partial charge in [0.25, 0.3) is 5.91 Å². The normalized spacial score (nSPS) is 19.2. The lowest BCUT2D eigenvalue weighted by molar-refractivity contribution is -0.142. The minimum atomic E-state index is -0.711. The summed E-state index contributed by atoms with van der Waals surface area (Å²) < 4.78 is 14.3. The maximum atomic E-state index is 13.3. The van der Waals surface area contributed by atoms with E-state index >= 15 is 0 Å². The highest BCUT2D eigenvalue weighted by Crippen LogP contribution is 2.38. The first kappa shape index (κ1) is 21.4. The number of amides is 1. The number of carbonyl (C=O) groups is 2. The quantitative estimate of drug-likeness (QED) is 0.458. The third kappa shape index (κ3) is 5.39. The first-order valence-corrected chi connectivity index (χ1v) is 11.1. The van der Waals surface area contributed by atoms with Crippen molar-refractivity contribution in [2.24, 2.45) is 5.92 Å². The highest BCUT2D eigenvalue weighted by atomic mass is 127. The highest BCUT2D eigenvalue weighted by molar-refractivity contribution is 14.1. The summed E-state index contributed by atoms with van der Waals surface area (Å²) in [4.78, 5) is 24.7. The van der Waals surface area contributed by atoms with Crippen molar-refractivity contribution in [1.29, 1.82) is 0 Å². The number of rotatable bonds is 5. The molecule has 8 heteroatoms. The molecule has 0 aliphatic heterocycles. The fourth-order valence-corrected chi connectivity index (χ4v) is 5.26. The maximum Gasteiger partial charge on any atom is 0.306 e. The summed E-state index contributed by atoms with van der Waals surface area (Å²) in [6, 6.07) is 9.52. The molecule has 1 aliphatic rings. The maximum absolute atomic E-state index is 13.3. The third-order valence-corrected chi connectivity index (χ3v) is 7.68. The molecule has 0 saturated heterocycles. The van der Waals surface area contributed by atoms with Gasteiger partial charge >= 0.3 is 5.97 Å². The smallest absolute Gasteiger partial charge is 0.306 e. The van der Waals surface area contributed by atoms with E-state index in [4.69, 9.17) is 16.7 Å². The second-order valence-electron chi connectivity index (χ2n) is 6.66. The van der Waals surface area contributed by atoms with E-state index < -0.39 is 11.8 Å². The van der Waals surface area contributed by atoms with Crippen LogP contribution < -0.4 is 5.32 Å². The van der Waals surface area contributed by atoms with Crippen molar-refractivity contribution in [3.05, 3.63) is 56.4 Å². The van der Waals surface area contributed by atoms with E-state index in [-0.39, 0.29) is 16.8 Å². The molecule has 0 bridgehead atoms. The van der Waals surface area contributed by atoms with Gasteiger partial charge in [0.1, 0.15) is 5.82 Å². The minimum Gasteiger partial charge on any atom is -0.481 e. The van der Waals surface area contributed by atoms with Crippen molar-refractivity contribution in [2.45, 2.75) is 35.8 Å². The van der Waals surface area contributed by atoms with Gasteiger partial charge in [-0.1, -0.05) is 11.6 Å². The molecule has 0 radical (unpaired) electrons. The van der Waals surface area contributed by atoms with Crippen LogP contribution in [0.4, 0.5) is 10.1 Å². The third-order valence-electron chi connectivity index (χ3n) is 4.69. The van der Waals surface area contributed by atoms with Gasteiger partial charge in [0.05, 0.1) is 10.9 Å². The van der Waals surface area contributed by atoms with E-state index in [1.807, 2.05) is 12.1 Å². The molecule has 0 heterocycles. The van der Waals surface area contributed by atoms with Crippen LogP contribution in [0.5, 0.6) is 0 Å². The van der Waals surface area contributed by atoms with Crippen molar-refractivity contribution in [3.63, 3.8) is 0 Å². The molecule has 1 saturated carbocycles. The Labute approximate surface area is 185 Å². The molecule has 1 amide bonds. The van der Waals surface area contributed by atoms with Gasteiger partial charge in [0.15, 0.2) is 0 Å². The SMILES string of the molecule is O=C(Nc1ccc(F)c(Cl)c1)c1ccc(I)c(SC2CCC(C(=O)O)CC2)c1. The molecule has 0 atom stereocenters. The molecule has 0 unspecified atom stereocenters. The Morgan fingerprint density at radius 2 is 1.86 bits per heavy atom. The first-order valence-electron chi connectivity index (χ1n) is 8.79. The van der Waals surface area contributed by atoms with Crippen molar-refractivity contribution in [2.75, 3.05) is 5.32 Å².